The molecule has 1 saturated heterocycles. The van der Waals surface area contributed by atoms with E-state index in [4.69, 9.17) is 28.7 Å². The van der Waals surface area contributed by atoms with Crippen LogP contribution < -0.4 is 9.47 Å². The molecule has 1 aliphatic heterocycles. The number of likely N-dealkylation sites (tertiary alicyclic amines) is 1. The van der Waals surface area contributed by atoms with Gasteiger partial charge in [0, 0.05) is 37.7 Å². The van der Waals surface area contributed by atoms with Crippen molar-refractivity contribution in [2.45, 2.75) is 25.2 Å². The van der Waals surface area contributed by atoms with Gasteiger partial charge in [0.05, 0.1) is 36.3 Å². The zero-order valence-electron chi connectivity index (χ0n) is 29.7. The standard InChI is InChI=1S/C43H38N4O7/c1-50-22-23-51-34-18-21-47-36(26-44-40(47)25-34)35-17-16-31-12-7-13-38(41(31)45-35)53-37-19-20-46(27-39(37)54-42(48)32-9-3-2-4-10-32)43(49)52-28-29-14-15-30-8-5-6-11-33(30)24-29/h2-18,21,24-26,37,39H,19-20,22-23,27-28H2,1H3/t37-,39+/m1/s1. The molecule has 4 aromatic carbocycles. The summed E-state index contributed by atoms with van der Waals surface area (Å²) in [5.74, 6) is 0.736. The highest BCUT2D eigenvalue weighted by atomic mass is 16.6. The summed E-state index contributed by atoms with van der Waals surface area (Å²) in [6.07, 6.45) is 2.25. The predicted molar refractivity (Wildman–Crippen MR) is 204 cm³/mol. The second-order valence-corrected chi connectivity index (χ2v) is 13.0. The molecule has 0 N–H and O–H groups in total. The number of rotatable bonds is 11. The molecule has 3 aromatic heterocycles. The van der Waals surface area contributed by atoms with E-state index in [1.165, 1.54) is 0 Å². The van der Waals surface area contributed by atoms with E-state index in [2.05, 4.69) is 4.98 Å². The Bertz CT molecular complexity index is 2430. The number of carbonyl (C=O) groups excluding carboxylic acids is 2. The Kier molecular flexibility index (Phi) is 10.0. The number of aromatic nitrogens is 3. The maximum atomic E-state index is 13.4. The van der Waals surface area contributed by atoms with Crippen LogP contribution in [0.3, 0.4) is 0 Å². The number of hydrogen-bond acceptors (Lipinski definition) is 9. The number of imidazole rings is 1. The number of esters is 1. The fourth-order valence-electron chi connectivity index (χ4n) is 6.66. The number of pyridine rings is 2. The number of piperidine rings is 1. The van der Waals surface area contributed by atoms with Crippen molar-refractivity contribution < 1.29 is 33.3 Å². The molecular weight excluding hydrogens is 684 g/mol. The first-order valence-electron chi connectivity index (χ1n) is 17.8. The maximum absolute atomic E-state index is 13.4. The molecule has 8 rings (SSSR count). The second-order valence-electron chi connectivity index (χ2n) is 13.0. The molecule has 54 heavy (non-hydrogen) atoms. The molecule has 0 unspecified atom stereocenters. The summed E-state index contributed by atoms with van der Waals surface area (Å²) in [6.45, 7) is 1.50. The largest absolute Gasteiger partial charge is 0.491 e. The van der Waals surface area contributed by atoms with Gasteiger partial charge in [-0.2, -0.15) is 0 Å². The van der Waals surface area contributed by atoms with Gasteiger partial charge in [-0.15, -0.1) is 0 Å². The predicted octanol–water partition coefficient (Wildman–Crippen LogP) is 7.74. The number of amides is 1. The van der Waals surface area contributed by atoms with E-state index in [9.17, 15) is 9.59 Å². The molecule has 272 valence electrons. The molecule has 1 amide bonds. The third-order valence-corrected chi connectivity index (χ3v) is 9.47. The van der Waals surface area contributed by atoms with E-state index in [1.54, 1.807) is 42.5 Å². The normalized spacial score (nSPS) is 15.7. The van der Waals surface area contributed by atoms with Gasteiger partial charge in [0.25, 0.3) is 0 Å². The lowest BCUT2D eigenvalue weighted by Crippen LogP contribution is -2.52. The Morgan fingerprint density at radius 3 is 2.50 bits per heavy atom. The Balaban J connectivity index is 1.02. The van der Waals surface area contributed by atoms with Crippen LogP contribution in [0, 0.1) is 0 Å². The van der Waals surface area contributed by atoms with Crippen LogP contribution in [0.25, 0.3) is 38.7 Å². The van der Waals surface area contributed by atoms with Gasteiger partial charge in [0.2, 0.25) is 0 Å². The summed E-state index contributed by atoms with van der Waals surface area (Å²) >= 11 is 0. The van der Waals surface area contributed by atoms with Gasteiger partial charge in [-0.3, -0.25) is 4.40 Å². The summed E-state index contributed by atoms with van der Waals surface area (Å²) in [6, 6.07) is 36.2. The Morgan fingerprint density at radius 2 is 1.63 bits per heavy atom. The number of methoxy groups -OCH3 is 1. The molecule has 2 atom stereocenters. The molecular formula is C43H38N4O7. The molecule has 1 fully saturated rings. The number of para-hydroxylation sites is 1. The van der Waals surface area contributed by atoms with Crippen molar-refractivity contribution in [3.05, 3.63) is 139 Å². The van der Waals surface area contributed by atoms with Crippen LogP contribution >= 0.6 is 0 Å². The van der Waals surface area contributed by atoms with Gasteiger partial charge < -0.3 is 28.6 Å². The molecule has 0 spiro atoms. The minimum absolute atomic E-state index is 0.0994. The SMILES string of the molecule is COCCOc1ccn2c(-c3ccc4cccc(O[C@@H]5CCN(C(=O)OCc6ccc7ccccc7c6)C[C@@H]5OC(=O)c5ccccc5)c4n3)cnc2c1. The lowest BCUT2D eigenvalue weighted by atomic mass is 10.0. The van der Waals surface area contributed by atoms with Crippen molar-refractivity contribution in [3.8, 4) is 22.9 Å². The van der Waals surface area contributed by atoms with Crippen molar-refractivity contribution in [2.75, 3.05) is 33.4 Å². The van der Waals surface area contributed by atoms with Crippen LogP contribution in [-0.2, 0) is 20.8 Å². The lowest BCUT2D eigenvalue weighted by Gasteiger charge is -2.37. The molecule has 4 heterocycles. The lowest BCUT2D eigenvalue weighted by molar-refractivity contribution is -0.0452. The van der Waals surface area contributed by atoms with Crippen LogP contribution in [0.5, 0.6) is 11.5 Å². The minimum Gasteiger partial charge on any atom is -0.491 e. The molecule has 0 radical (unpaired) electrons. The van der Waals surface area contributed by atoms with Crippen molar-refractivity contribution in [1.82, 2.24) is 19.3 Å². The first-order chi connectivity index (χ1) is 26.5. The topological polar surface area (TPSA) is 114 Å². The molecule has 11 heteroatoms. The zero-order valence-corrected chi connectivity index (χ0v) is 29.7. The number of carbonyl (C=O) groups is 2. The van der Waals surface area contributed by atoms with E-state index in [0.29, 0.717) is 54.5 Å². The van der Waals surface area contributed by atoms with Crippen molar-refractivity contribution in [1.29, 1.82) is 0 Å². The van der Waals surface area contributed by atoms with Crippen LogP contribution in [0.15, 0.2) is 128 Å². The van der Waals surface area contributed by atoms with Crippen LogP contribution in [0.2, 0.25) is 0 Å². The van der Waals surface area contributed by atoms with Crippen molar-refractivity contribution in [3.63, 3.8) is 0 Å². The molecule has 0 bridgehead atoms. The third-order valence-electron chi connectivity index (χ3n) is 9.47. The van der Waals surface area contributed by atoms with E-state index >= 15 is 0 Å². The summed E-state index contributed by atoms with van der Waals surface area (Å²) < 4.78 is 31.3. The fraction of sp³-hybridized carbons (Fsp3) is 0.209. The summed E-state index contributed by atoms with van der Waals surface area (Å²) in [7, 11) is 1.63. The third kappa shape index (κ3) is 7.53. The highest BCUT2D eigenvalue weighted by molar-refractivity contribution is 5.89. The summed E-state index contributed by atoms with van der Waals surface area (Å²) in [4.78, 5) is 37.9. The van der Waals surface area contributed by atoms with Gasteiger partial charge >= 0.3 is 12.1 Å². The number of hydrogen-bond donors (Lipinski definition) is 0. The van der Waals surface area contributed by atoms with Gasteiger partial charge in [0.15, 0.2) is 6.10 Å². The van der Waals surface area contributed by atoms with E-state index in [1.807, 2.05) is 102 Å². The van der Waals surface area contributed by atoms with Gasteiger partial charge in [-0.05, 0) is 52.7 Å². The number of benzene rings is 4. The number of fused-ring (bicyclic) bond motifs is 3. The summed E-state index contributed by atoms with van der Waals surface area (Å²) in [5, 5.41) is 3.07. The van der Waals surface area contributed by atoms with Gasteiger partial charge in [-0.1, -0.05) is 72.8 Å². The van der Waals surface area contributed by atoms with E-state index < -0.39 is 24.3 Å². The first kappa shape index (κ1) is 34.6. The minimum atomic E-state index is -0.780. The van der Waals surface area contributed by atoms with Crippen molar-refractivity contribution in [2.24, 2.45) is 0 Å². The Morgan fingerprint density at radius 1 is 0.815 bits per heavy atom. The highest BCUT2D eigenvalue weighted by Gasteiger charge is 2.37. The molecule has 11 nitrogen and oxygen atoms in total. The smallest absolute Gasteiger partial charge is 0.410 e. The maximum Gasteiger partial charge on any atom is 0.410 e. The van der Waals surface area contributed by atoms with Gasteiger partial charge in [0.1, 0.15) is 42.0 Å². The molecule has 0 saturated carbocycles. The molecule has 7 aromatic rings. The monoisotopic (exact) mass is 722 g/mol. The van der Waals surface area contributed by atoms with Gasteiger partial charge in [-0.25, -0.2) is 19.6 Å². The first-order valence-corrected chi connectivity index (χ1v) is 17.8. The van der Waals surface area contributed by atoms with Crippen LogP contribution in [0.1, 0.15) is 22.3 Å². The quantitative estimate of drug-likeness (QED) is 0.0977. The number of nitrogens with zero attached hydrogens (tertiary/aromatic N) is 4. The van der Waals surface area contributed by atoms with Crippen LogP contribution in [-0.4, -0.2) is 77.0 Å². The summed E-state index contributed by atoms with van der Waals surface area (Å²) in [5.41, 5.74) is 4.17. The average Bonchev–Trinajstić information content (AvgIpc) is 3.64. The molecule has 1 aliphatic rings. The van der Waals surface area contributed by atoms with Crippen LogP contribution in [0.4, 0.5) is 4.79 Å². The molecule has 0 aliphatic carbocycles. The van der Waals surface area contributed by atoms with Crippen molar-refractivity contribution >= 4 is 39.4 Å². The number of ether oxygens (including phenoxy) is 5. The Hall–Kier alpha value is -6.46. The zero-order chi connectivity index (χ0) is 36.9. The Labute approximate surface area is 311 Å². The highest BCUT2D eigenvalue weighted by Crippen LogP contribution is 2.31. The van der Waals surface area contributed by atoms with E-state index in [0.717, 1.165) is 33.1 Å². The van der Waals surface area contributed by atoms with E-state index in [-0.39, 0.29) is 13.2 Å². The fourth-order valence-corrected chi connectivity index (χ4v) is 6.66. The second kappa shape index (κ2) is 15.6. The average molecular weight is 723 g/mol.